The van der Waals surface area contributed by atoms with Gasteiger partial charge in [-0.3, -0.25) is 9.36 Å². The van der Waals surface area contributed by atoms with Gasteiger partial charge in [-0.1, -0.05) is 29.5 Å². The molecule has 4 nitrogen and oxygen atoms in total. The van der Waals surface area contributed by atoms with Crippen LogP contribution in [0.25, 0.3) is 10.9 Å². The molecule has 0 amide bonds. The topological polar surface area (TPSA) is 47.8 Å². The van der Waals surface area contributed by atoms with Gasteiger partial charge < -0.3 is 0 Å². The lowest BCUT2D eigenvalue weighted by molar-refractivity contribution is 0.712. The van der Waals surface area contributed by atoms with Crippen LogP contribution in [0, 0.1) is 13.8 Å². The first-order valence-corrected chi connectivity index (χ1v) is 6.90. The number of fused-ring (bicyclic) bond motifs is 1. The van der Waals surface area contributed by atoms with Crippen LogP contribution in [0.3, 0.4) is 0 Å². The lowest BCUT2D eigenvalue weighted by Gasteiger charge is -2.07. The van der Waals surface area contributed by atoms with Gasteiger partial charge in [0.2, 0.25) is 0 Å². The van der Waals surface area contributed by atoms with Crippen molar-refractivity contribution in [2.75, 3.05) is 0 Å². The second-order valence-corrected chi connectivity index (χ2v) is 5.29. The molecule has 2 heterocycles. The van der Waals surface area contributed by atoms with E-state index >= 15 is 0 Å². The monoisotopic (exact) mass is 271 g/mol. The van der Waals surface area contributed by atoms with E-state index in [1.165, 1.54) is 11.3 Å². The maximum absolute atomic E-state index is 11.7. The third-order valence-electron chi connectivity index (χ3n) is 3.12. The summed E-state index contributed by atoms with van der Waals surface area (Å²) in [6.07, 6.45) is 0. The van der Waals surface area contributed by atoms with Crippen LogP contribution < -0.4 is 4.87 Å². The van der Waals surface area contributed by atoms with Crippen molar-refractivity contribution in [3.8, 4) is 0 Å². The number of rotatable bonds is 2. The van der Waals surface area contributed by atoms with Crippen molar-refractivity contribution < 1.29 is 0 Å². The fraction of sp³-hybridized carbons (Fsp3) is 0.214. The van der Waals surface area contributed by atoms with Gasteiger partial charge in [-0.15, -0.1) is 0 Å². The summed E-state index contributed by atoms with van der Waals surface area (Å²) in [6, 6.07) is 7.92. The molecule has 0 spiro atoms. The zero-order valence-corrected chi connectivity index (χ0v) is 11.6. The third kappa shape index (κ3) is 2.17. The minimum Gasteiger partial charge on any atom is -0.296 e. The smallest absolute Gasteiger partial charge is 0.296 e. The van der Waals surface area contributed by atoms with Gasteiger partial charge in [0.05, 0.1) is 12.1 Å². The third-order valence-corrected chi connectivity index (χ3v) is 4.00. The summed E-state index contributed by atoms with van der Waals surface area (Å²) in [6.45, 7) is 4.32. The van der Waals surface area contributed by atoms with Crippen LogP contribution >= 0.6 is 11.3 Å². The van der Waals surface area contributed by atoms with E-state index in [-0.39, 0.29) is 4.87 Å². The van der Waals surface area contributed by atoms with Crippen LogP contribution in [0.2, 0.25) is 0 Å². The predicted molar refractivity (Wildman–Crippen MR) is 76.7 cm³/mol. The summed E-state index contributed by atoms with van der Waals surface area (Å²) in [4.78, 5) is 20.8. The van der Waals surface area contributed by atoms with E-state index in [9.17, 15) is 4.79 Å². The Kier molecular flexibility index (Phi) is 2.91. The maximum atomic E-state index is 11.7. The van der Waals surface area contributed by atoms with E-state index in [2.05, 4.69) is 9.97 Å². The average molecular weight is 271 g/mol. The molecule has 19 heavy (non-hydrogen) atoms. The lowest BCUT2D eigenvalue weighted by atomic mass is 10.2. The standard InChI is InChI=1S/C14H13N3OS/c1-9-8-19-14(18)17(9)7-13-15-10(2)11-5-3-4-6-12(11)16-13/h3-6,8H,7H2,1-2H3. The molecule has 0 fully saturated rings. The summed E-state index contributed by atoms with van der Waals surface area (Å²) >= 11 is 1.21. The predicted octanol–water partition coefficient (Wildman–Crippen LogP) is 2.52. The van der Waals surface area contributed by atoms with Crippen molar-refractivity contribution in [2.45, 2.75) is 20.4 Å². The van der Waals surface area contributed by atoms with Crippen LogP contribution in [0.4, 0.5) is 0 Å². The van der Waals surface area contributed by atoms with Gasteiger partial charge in [0, 0.05) is 22.2 Å². The Balaban J connectivity index is 2.09. The molecule has 0 unspecified atom stereocenters. The molecule has 3 rings (SSSR count). The van der Waals surface area contributed by atoms with Crippen molar-refractivity contribution in [3.63, 3.8) is 0 Å². The molecule has 0 aliphatic carbocycles. The van der Waals surface area contributed by atoms with E-state index in [1.54, 1.807) is 4.57 Å². The average Bonchev–Trinajstić information content (AvgIpc) is 2.71. The molecule has 0 bridgehead atoms. The van der Waals surface area contributed by atoms with Crippen LogP contribution in [-0.4, -0.2) is 14.5 Å². The summed E-state index contributed by atoms with van der Waals surface area (Å²) in [5.41, 5.74) is 2.82. The zero-order valence-electron chi connectivity index (χ0n) is 10.8. The van der Waals surface area contributed by atoms with E-state index in [0.717, 1.165) is 22.3 Å². The van der Waals surface area contributed by atoms with Gasteiger partial charge in [-0.2, -0.15) is 0 Å². The minimum atomic E-state index is 0.0342. The molecule has 1 aromatic carbocycles. The number of hydrogen-bond acceptors (Lipinski definition) is 4. The van der Waals surface area contributed by atoms with Gasteiger partial charge in [0.15, 0.2) is 0 Å². The Bertz CT molecular complexity index is 804. The number of hydrogen-bond donors (Lipinski definition) is 0. The van der Waals surface area contributed by atoms with E-state index in [1.807, 2.05) is 43.5 Å². The molecule has 3 aromatic rings. The SMILES string of the molecule is Cc1nc(Cn2c(C)csc2=O)nc2ccccc12. The first-order chi connectivity index (χ1) is 9.15. The summed E-state index contributed by atoms with van der Waals surface area (Å²) in [5.74, 6) is 0.680. The van der Waals surface area contributed by atoms with Crippen LogP contribution in [-0.2, 0) is 6.54 Å². The largest absolute Gasteiger partial charge is 0.307 e. The molecule has 0 aliphatic heterocycles. The molecule has 0 radical (unpaired) electrons. The van der Waals surface area contributed by atoms with E-state index in [4.69, 9.17) is 0 Å². The van der Waals surface area contributed by atoms with Gasteiger partial charge in [0.1, 0.15) is 5.82 Å². The second kappa shape index (κ2) is 4.59. The number of aryl methyl sites for hydroxylation is 2. The second-order valence-electron chi connectivity index (χ2n) is 4.47. The molecule has 96 valence electrons. The van der Waals surface area contributed by atoms with Crippen molar-refractivity contribution >= 4 is 22.2 Å². The van der Waals surface area contributed by atoms with Crippen LogP contribution in [0.15, 0.2) is 34.4 Å². The van der Waals surface area contributed by atoms with Gasteiger partial charge in [-0.05, 0) is 19.9 Å². The Morgan fingerprint density at radius 1 is 1.21 bits per heavy atom. The molecular weight excluding hydrogens is 258 g/mol. The summed E-state index contributed by atoms with van der Waals surface area (Å²) in [7, 11) is 0. The quantitative estimate of drug-likeness (QED) is 0.719. The van der Waals surface area contributed by atoms with E-state index < -0.39 is 0 Å². The fourth-order valence-electron chi connectivity index (χ4n) is 2.10. The fourth-order valence-corrected chi connectivity index (χ4v) is 2.84. The van der Waals surface area contributed by atoms with Gasteiger partial charge in [-0.25, -0.2) is 9.97 Å². The lowest BCUT2D eigenvalue weighted by Crippen LogP contribution is -2.17. The molecule has 2 aromatic heterocycles. The van der Waals surface area contributed by atoms with Gasteiger partial charge >= 0.3 is 4.87 Å². The molecule has 5 heteroatoms. The minimum absolute atomic E-state index is 0.0342. The van der Waals surface area contributed by atoms with Crippen LogP contribution in [0.1, 0.15) is 17.2 Å². The zero-order chi connectivity index (χ0) is 13.4. The van der Waals surface area contributed by atoms with Crippen molar-refractivity contribution in [1.82, 2.24) is 14.5 Å². The molecule has 0 atom stereocenters. The summed E-state index contributed by atoms with van der Waals surface area (Å²) in [5, 5.41) is 2.91. The first kappa shape index (κ1) is 12.0. The van der Waals surface area contributed by atoms with Crippen LogP contribution in [0.5, 0.6) is 0 Å². The highest BCUT2D eigenvalue weighted by Gasteiger charge is 2.08. The number of benzene rings is 1. The Morgan fingerprint density at radius 2 is 2.00 bits per heavy atom. The highest BCUT2D eigenvalue weighted by molar-refractivity contribution is 7.07. The highest BCUT2D eigenvalue weighted by Crippen LogP contribution is 2.15. The molecular formula is C14H13N3OS. The molecule has 0 N–H and O–H groups in total. The highest BCUT2D eigenvalue weighted by atomic mass is 32.1. The van der Waals surface area contributed by atoms with Crippen molar-refractivity contribution in [2.24, 2.45) is 0 Å². The molecule has 0 saturated carbocycles. The molecule has 0 aliphatic rings. The van der Waals surface area contributed by atoms with Crippen molar-refractivity contribution in [1.29, 1.82) is 0 Å². The van der Waals surface area contributed by atoms with Gasteiger partial charge in [0.25, 0.3) is 0 Å². The van der Waals surface area contributed by atoms with E-state index in [0.29, 0.717) is 12.4 Å². The van der Waals surface area contributed by atoms with Crippen molar-refractivity contribution in [3.05, 3.63) is 56.5 Å². The number of thiazole rings is 1. The number of para-hydroxylation sites is 1. The normalized spacial score (nSPS) is 11.1. The maximum Gasteiger partial charge on any atom is 0.307 e. The Labute approximate surface area is 114 Å². The summed E-state index contributed by atoms with van der Waals surface area (Å²) < 4.78 is 1.70. The first-order valence-electron chi connectivity index (χ1n) is 6.02. The Morgan fingerprint density at radius 3 is 2.74 bits per heavy atom. The Hall–Kier alpha value is -2.01. The molecule has 0 saturated heterocycles. The number of aromatic nitrogens is 3. The number of nitrogens with zero attached hydrogens (tertiary/aromatic N) is 3.